The standard InChI is InChI=1S/C17H25NO4/c1-17(2,3)22-16(20)18-9-5-6-12(11-18)14-10-13(19)7-8-15(14)21-4/h7-8,10,12,19H,5-6,9,11H2,1-4H3. The van der Waals surface area contributed by atoms with Crippen molar-refractivity contribution in [3.63, 3.8) is 0 Å². The number of rotatable bonds is 2. The van der Waals surface area contributed by atoms with Gasteiger partial charge < -0.3 is 19.5 Å². The molecule has 0 saturated carbocycles. The first kappa shape index (κ1) is 16.5. The largest absolute Gasteiger partial charge is 0.508 e. The van der Waals surface area contributed by atoms with Crippen molar-refractivity contribution in [3.8, 4) is 11.5 Å². The van der Waals surface area contributed by atoms with Crippen molar-refractivity contribution in [3.05, 3.63) is 23.8 Å². The van der Waals surface area contributed by atoms with Crippen LogP contribution in [0.5, 0.6) is 11.5 Å². The molecule has 0 aliphatic carbocycles. The van der Waals surface area contributed by atoms with Gasteiger partial charge in [0.1, 0.15) is 17.1 Å². The fourth-order valence-electron chi connectivity index (χ4n) is 2.76. The van der Waals surface area contributed by atoms with E-state index in [0.29, 0.717) is 13.1 Å². The Bertz CT molecular complexity index is 536. The summed E-state index contributed by atoms with van der Waals surface area (Å²) in [5.74, 6) is 1.10. The lowest BCUT2D eigenvalue weighted by Gasteiger charge is -2.34. The number of hydrogen-bond donors (Lipinski definition) is 1. The van der Waals surface area contributed by atoms with Gasteiger partial charge in [-0.2, -0.15) is 0 Å². The number of hydrogen-bond acceptors (Lipinski definition) is 4. The van der Waals surface area contributed by atoms with Crippen LogP contribution in [-0.2, 0) is 4.74 Å². The Kier molecular flexibility index (Phi) is 4.84. The third kappa shape index (κ3) is 4.06. The molecule has 1 unspecified atom stereocenters. The highest BCUT2D eigenvalue weighted by Crippen LogP contribution is 2.35. The van der Waals surface area contributed by atoms with Crippen LogP contribution in [0.25, 0.3) is 0 Å². The van der Waals surface area contributed by atoms with Crippen LogP contribution in [0.4, 0.5) is 4.79 Å². The minimum Gasteiger partial charge on any atom is -0.508 e. The molecule has 5 heteroatoms. The summed E-state index contributed by atoms with van der Waals surface area (Å²) in [7, 11) is 1.62. The molecule has 1 heterocycles. The number of piperidine rings is 1. The van der Waals surface area contributed by atoms with Gasteiger partial charge in [-0.1, -0.05) is 0 Å². The molecule has 1 saturated heterocycles. The topological polar surface area (TPSA) is 59.0 Å². The Hall–Kier alpha value is -1.91. The normalized spacial score (nSPS) is 18.9. The second-order valence-corrected chi connectivity index (χ2v) is 6.69. The fraction of sp³-hybridized carbons (Fsp3) is 0.588. The summed E-state index contributed by atoms with van der Waals surface area (Å²) in [5.41, 5.74) is 0.447. The van der Waals surface area contributed by atoms with Gasteiger partial charge in [0.2, 0.25) is 0 Å². The van der Waals surface area contributed by atoms with Gasteiger partial charge in [-0.3, -0.25) is 0 Å². The third-order valence-corrected chi connectivity index (χ3v) is 3.73. The van der Waals surface area contributed by atoms with E-state index in [1.54, 1.807) is 30.2 Å². The van der Waals surface area contributed by atoms with Crippen LogP contribution in [0.2, 0.25) is 0 Å². The summed E-state index contributed by atoms with van der Waals surface area (Å²) in [6.07, 6.45) is 1.58. The zero-order chi connectivity index (χ0) is 16.3. The summed E-state index contributed by atoms with van der Waals surface area (Å²) in [5, 5.41) is 9.73. The molecule has 1 aliphatic rings. The van der Waals surface area contributed by atoms with E-state index >= 15 is 0 Å². The van der Waals surface area contributed by atoms with Gasteiger partial charge in [-0.15, -0.1) is 0 Å². The summed E-state index contributed by atoms with van der Waals surface area (Å²) in [4.78, 5) is 14.0. The van der Waals surface area contributed by atoms with Gasteiger partial charge in [0.15, 0.2) is 0 Å². The number of benzene rings is 1. The minimum atomic E-state index is -0.493. The minimum absolute atomic E-state index is 0.142. The second-order valence-electron chi connectivity index (χ2n) is 6.69. The fourth-order valence-corrected chi connectivity index (χ4v) is 2.76. The molecule has 1 aromatic rings. The van der Waals surface area contributed by atoms with E-state index in [4.69, 9.17) is 9.47 Å². The number of likely N-dealkylation sites (tertiary alicyclic amines) is 1. The van der Waals surface area contributed by atoms with Crippen LogP contribution in [-0.4, -0.2) is 41.9 Å². The molecule has 22 heavy (non-hydrogen) atoms. The molecule has 2 rings (SSSR count). The summed E-state index contributed by atoms with van der Waals surface area (Å²) in [6, 6.07) is 5.09. The van der Waals surface area contributed by atoms with Crippen LogP contribution in [0.3, 0.4) is 0 Å². The van der Waals surface area contributed by atoms with Crippen LogP contribution in [0.15, 0.2) is 18.2 Å². The maximum Gasteiger partial charge on any atom is 0.410 e. The smallest absolute Gasteiger partial charge is 0.410 e. The van der Waals surface area contributed by atoms with Gasteiger partial charge in [0, 0.05) is 24.6 Å². The molecule has 0 aromatic heterocycles. The Morgan fingerprint density at radius 3 is 2.73 bits per heavy atom. The molecule has 0 bridgehead atoms. The van der Waals surface area contributed by atoms with E-state index in [-0.39, 0.29) is 17.8 Å². The molecule has 0 spiro atoms. The lowest BCUT2D eigenvalue weighted by Crippen LogP contribution is -2.42. The lowest BCUT2D eigenvalue weighted by molar-refractivity contribution is 0.0197. The van der Waals surface area contributed by atoms with Crippen LogP contribution in [0, 0.1) is 0 Å². The van der Waals surface area contributed by atoms with Gasteiger partial charge in [-0.05, 0) is 51.8 Å². The Balaban J connectivity index is 2.14. The van der Waals surface area contributed by atoms with E-state index in [1.165, 1.54) is 0 Å². The molecule has 1 N–H and O–H groups in total. The van der Waals surface area contributed by atoms with Crippen LogP contribution < -0.4 is 4.74 Å². The Morgan fingerprint density at radius 1 is 1.36 bits per heavy atom. The van der Waals surface area contributed by atoms with Crippen molar-refractivity contribution >= 4 is 6.09 Å². The summed E-state index contributed by atoms with van der Waals surface area (Å²) < 4.78 is 10.8. The highest BCUT2D eigenvalue weighted by molar-refractivity contribution is 5.68. The Labute approximate surface area is 131 Å². The summed E-state index contributed by atoms with van der Waals surface area (Å²) >= 11 is 0. The number of nitrogens with zero attached hydrogens (tertiary/aromatic N) is 1. The van der Waals surface area contributed by atoms with Gasteiger partial charge in [0.05, 0.1) is 7.11 Å². The second kappa shape index (κ2) is 6.46. The lowest BCUT2D eigenvalue weighted by atomic mass is 9.90. The molecule has 1 atom stereocenters. The number of phenolic OH excluding ortho intramolecular Hbond substituents is 1. The quantitative estimate of drug-likeness (QED) is 0.908. The monoisotopic (exact) mass is 307 g/mol. The molecule has 5 nitrogen and oxygen atoms in total. The van der Waals surface area contributed by atoms with Crippen molar-refractivity contribution in [1.82, 2.24) is 4.90 Å². The molecule has 1 aromatic carbocycles. The molecule has 1 amide bonds. The van der Waals surface area contributed by atoms with Crippen molar-refractivity contribution in [2.75, 3.05) is 20.2 Å². The number of methoxy groups -OCH3 is 1. The van der Waals surface area contributed by atoms with Crippen molar-refractivity contribution in [1.29, 1.82) is 0 Å². The van der Waals surface area contributed by atoms with Crippen molar-refractivity contribution in [2.24, 2.45) is 0 Å². The zero-order valence-electron chi connectivity index (χ0n) is 13.8. The zero-order valence-corrected chi connectivity index (χ0v) is 13.8. The SMILES string of the molecule is COc1ccc(O)cc1C1CCCN(C(=O)OC(C)(C)C)C1. The maximum absolute atomic E-state index is 12.2. The van der Waals surface area contributed by atoms with E-state index in [0.717, 1.165) is 24.2 Å². The third-order valence-electron chi connectivity index (χ3n) is 3.73. The predicted octanol–water partition coefficient (Wildman–Crippen LogP) is 3.52. The molecule has 122 valence electrons. The average molecular weight is 307 g/mol. The number of aromatic hydroxyl groups is 1. The predicted molar refractivity (Wildman–Crippen MR) is 84.4 cm³/mol. The van der Waals surface area contributed by atoms with Gasteiger partial charge in [-0.25, -0.2) is 4.79 Å². The Morgan fingerprint density at radius 2 is 2.09 bits per heavy atom. The van der Waals surface area contributed by atoms with Crippen LogP contribution >= 0.6 is 0 Å². The van der Waals surface area contributed by atoms with E-state index in [2.05, 4.69) is 0 Å². The molecular formula is C17H25NO4. The van der Waals surface area contributed by atoms with E-state index in [9.17, 15) is 9.90 Å². The molecule has 1 fully saturated rings. The van der Waals surface area contributed by atoms with Gasteiger partial charge in [0.25, 0.3) is 0 Å². The molecule has 0 radical (unpaired) electrons. The molecule has 1 aliphatic heterocycles. The van der Waals surface area contributed by atoms with Crippen molar-refractivity contribution in [2.45, 2.75) is 45.1 Å². The maximum atomic E-state index is 12.2. The first-order chi connectivity index (χ1) is 10.3. The van der Waals surface area contributed by atoms with Gasteiger partial charge >= 0.3 is 6.09 Å². The first-order valence-corrected chi connectivity index (χ1v) is 7.65. The van der Waals surface area contributed by atoms with Crippen molar-refractivity contribution < 1.29 is 19.4 Å². The first-order valence-electron chi connectivity index (χ1n) is 7.65. The van der Waals surface area contributed by atoms with E-state index in [1.807, 2.05) is 20.8 Å². The average Bonchev–Trinajstić information content (AvgIpc) is 2.45. The number of ether oxygens (including phenoxy) is 2. The number of amides is 1. The molecular weight excluding hydrogens is 282 g/mol. The van der Waals surface area contributed by atoms with E-state index < -0.39 is 5.60 Å². The number of carbonyl (C=O) groups is 1. The highest BCUT2D eigenvalue weighted by Gasteiger charge is 2.29. The number of phenols is 1. The summed E-state index contributed by atoms with van der Waals surface area (Å²) in [6.45, 7) is 6.88. The van der Waals surface area contributed by atoms with Crippen LogP contribution in [0.1, 0.15) is 45.1 Å². The number of carbonyl (C=O) groups excluding carboxylic acids is 1. The highest BCUT2D eigenvalue weighted by atomic mass is 16.6.